The predicted molar refractivity (Wildman–Crippen MR) is 148 cm³/mol. The molecule has 8 nitrogen and oxygen atoms in total. The number of aromatic amines is 1. The number of benzene rings is 1. The smallest absolute Gasteiger partial charge is 0.255 e. The van der Waals surface area contributed by atoms with E-state index in [1.807, 2.05) is 18.2 Å². The van der Waals surface area contributed by atoms with Crippen molar-refractivity contribution >= 4 is 34.8 Å². The van der Waals surface area contributed by atoms with Gasteiger partial charge in [-0.05, 0) is 24.3 Å². The molecular weight excluding hydrogens is 502 g/mol. The molecule has 194 valence electrons. The Bertz CT molecular complexity index is 1510. The summed E-state index contributed by atoms with van der Waals surface area (Å²) in [5, 5.41) is 6.77. The van der Waals surface area contributed by atoms with E-state index >= 15 is 0 Å². The molecular formula is C29H28ClN5O3. The van der Waals surface area contributed by atoms with Crippen LogP contribution in [0.2, 0.25) is 5.02 Å². The molecule has 0 saturated carbocycles. The number of hydrogen-bond acceptors (Lipinski definition) is 5. The van der Waals surface area contributed by atoms with E-state index in [1.54, 1.807) is 30.5 Å². The summed E-state index contributed by atoms with van der Waals surface area (Å²) in [5.74, 6) is 6.70. The van der Waals surface area contributed by atoms with Gasteiger partial charge in [-0.3, -0.25) is 14.6 Å². The van der Waals surface area contributed by atoms with E-state index in [0.29, 0.717) is 58.5 Å². The quantitative estimate of drug-likeness (QED) is 0.333. The van der Waals surface area contributed by atoms with Gasteiger partial charge in [0.1, 0.15) is 6.04 Å². The molecule has 0 radical (unpaired) electrons. The zero-order valence-corrected chi connectivity index (χ0v) is 22.2. The summed E-state index contributed by atoms with van der Waals surface area (Å²) in [6.45, 7) is 8.93. The number of likely N-dealkylation sites (tertiary alicyclic amines) is 1. The van der Waals surface area contributed by atoms with Crippen LogP contribution in [0, 0.1) is 17.3 Å². The van der Waals surface area contributed by atoms with Gasteiger partial charge < -0.3 is 25.3 Å². The number of carbonyl (C=O) groups excluding carboxylic acids is 2. The second-order valence-corrected chi connectivity index (χ2v) is 10.3. The van der Waals surface area contributed by atoms with Gasteiger partial charge in [-0.2, -0.15) is 0 Å². The first-order chi connectivity index (χ1) is 18.2. The van der Waals surface area contributed by atoms with E-state index in [9.17, 15) is 9.59 Å². The molecule has 0 spiro atoms. The van der Waals surface area contributed by atoms with Crippen molar-refractivity contribution in [1.82, 2.24) is 20.2 Å². The standard InChI is InChI=1S/C29H28ClN5O3/c1-5-23(36)35-16-29(2,3)22(35)10-9-17-15-31-13-11-18(17)25-26(24-20(33-25)12-14-32-28(24)37)34-21-8-6-7-19(30)27(21)38-4/h5-8,11,13,15,22,33-34H,1,12,14,16H2,2-4H3,(H,32,37). The van der Waals surface area contributed by atoms with E-state index < -0.39 is 0 Å². The molecule has 38 heavy (non-hydrogen) atoms. The first-order valence-corrected chi connectivity index (χ1v) is 12.6. The Balaban J connectivity index is 1.62. The molecule has 3 N–H and O–H groups in total. The fraction of sp³-hybridized carbons (Fsp3) is 0.276. The van der Waals surface area contributed by atoms with Gasteiger partial charge in [0.2, 0.25) is 5.91 Å². The van der Waals surface area contributed by atoms with Gasteiger partial charge in [-0.15, -0.1) is 0 Å². The van der Waals surface area contributed by atoms with Gasteiger partial charge in [0.05, 0.1) is 40.3 Å². The highest BCUT2D eigenvalue weighted by Crippen LogP contribution is 2.42. The Labute approximate surface area is 226 Å². The maximum absolute atomic E-state index is 13.0. The Morgan fingerprint density at radius 2 is 2.18 bits per heavy atom. The lowest BCUT2D eigenvalue weighted by atomic mass is 9.75. The van der Waals surface area contributed by atoms with Crippen molar-refractivity contribution in [2.24, 2.45) is 5.41 Å². The van der Waals surface area contributed by atoms with Crippen molar-refractivity contribution in [1.29, 1.82) is 0 Å². The molecule has 1 atom stereocenters. The number of hydrogen-bond donors (Lipinski definition) is 3. The summed E-state index contributed by atoms with van der Waals surface area (Å²) in [6, 6.07) is 7.00. The molecule has 4 heterocycles. The van der Waals surface area contributed by atoms with Crippen molar-refractivity contribution in [3.05, 3.63) is 71.2 Å². The maximum Gasteiger partial charge on any atom is 0.255 e. The van der Waals surface area contributed by atoms with Gasteiger partial charge in [-0.1, -0.05) is 49.9 Å². The monoisotopic (exact) mass is 529 g/mol. The fourth-order valence-corrected chi connectivity index (χ4v) is 5.29. The third kappa shape index (κ3) is 4.39. The third-order valence-corrected chi connectivity index (χ3v) is 7.22. The van der Waals surface area contributed by atoms with Crippen molar-refractivity contribution in [2.75, 3.05) is 25.5 Å². The molecule has 0 bridgehead atoms. The minimum atomic E-state index is -0.253. The summed E-state index contributed by atoms with van der Waals surface area (Å²) < 4.78 is 5.53. The van der Waals surface area contributed by atoms with Crippen LogP contribution in [0.3, 0.4) is 0 Å². The first-order valence-electron chi connectivity index (χ1n) is 12.3. The normalized spacial score (nSPS) is 17.3. The number of ether oxygens (including phenoxy) is 1. The van der Waals surface area contributed by atoms with Crippen LogP contribution in [-0.4, -0.2) is 52.9 Å². The Morgan fingerprint density at radius 1 is 1.37 bits per heavy atom. The molecule has 2 aliphatic heterocycles. The van der Waals surface area contributed by atoms with Crippen LogP contribution < -0.4 is 15.4 Å². The summed E-state index contributed by atoms with van der Waals surface area (Å²) in [7, 11) is 1.55. The number of para-hydroxylation sites is 1. The van der Waals surface area contributed by atoms with Crippen molar-refractivity contribution in [3.63, 3.8) is 0 Å². The number of methoxy groups -OCH3 is 1. The lowest BCUT2D eigenvalue weighted by Crippen LogP contribution is -2.62. The molecule has 2 aliphatic rings. The number of aromatic nitrogens is 2. The topological polar surface area (TPSA) is 99.3 Å². The van der Waals surface area contributed by atoms with Crippen LogP contribution in [-0.2, 0) is 11.2 Å². The number of anilines is 2. The highest BCUT2D eigenvalue weighted by Gasteiger charge is 2.46. The van der Waals surface area contributed by atoms with Crippen LogP contribution in [0.25, 0.3) is 11.3 Å². The number of halogens is 1. The number of nitrogens with one attached hydrogen (secondary N) is 3. The summed E-state index contributed by atoms with van der Waals surface area (Å²) in [4.78, 5) is 34.8. The van der Waals surface area contributed by atoms with E-state index in [2.05, 4.69) is 52.9 Å². The lowest BCUT2D eigenvalue weighted by Gasteiger charge is -2.51. The maximum atomic E-state index is 13.0. The largest absolute Gasteiger partial charge is 0.493 e. The molecule has 3 aromatic rings. The van der Waals surface area contributed by atoms with Gasteiger partial charge in [-0.25, -0.2) is 0 Å². The van der Waals surface area contributed by atoms with Crippen LogP contribution in [0.15, 0.2) is 49.3 Å². The number of carbonyl (C=O) groups is 2. The Morgan fingerprint density at radius 3 is 2.92 bits per heavy atom. The molecule has 0 aliphatic carbocycles. The van der Waals surface area contributed by atoms with Gasteiger partial charge >= 0.3 is 0 Å². The van der Waals surface area contributed by atoms with E-state index in [-0.39, 0.29) is 23.3 Å². The molecule has 1 aromatic carbocycles. The Hall–Kier alpha value is -4.22. The Kier molecular flexibility index (Phi) is 6.64. The molecule has 1 fully saturated rings. The van der Waals surface area contributed by atoms with E-state index in [0.717, 1.165) is 11.3 Å². The minimum absolute atomic E-state index is 0.139. The summed E-state index contributed by atoms with van der Waals surface area (Å²) in [6.07, 6.45) is 5.35. The van der Waals surface area contributed by atoms with Crippen molar-refractivity contribution in [2.45, 2.75) is 26.3 Å². The highest BCUT2D eigenvalue weighted by atomic mass is 35.5. The third-order valence-electron chi connectivity index (χ3n) is 6.92. The van der Waals surface area contributed by atoms with Crippen LogP contribution in [0.1, 0.15) is 35.5 Å². The van der Waals surface area contributed by atoms with E-state index in [4.69, 9.17) is 16.3 Å². The number of fused-ring (bicyclic) bond motifs is 1. The number of nitrogens with zero attached hydrogens (tertiary/aromatic N) is 2. The van der Waals surface area contributed by atoms with Gasteiger partial charge in [0.15, 0.2) is 5.75 Å². The molecule has 2 amide bonds. The average Bonchev–Trinajstić information content (AvgIpc) is 3.26. The molecule has 1 unspecified atom stereocenters. The predicted octanol–water partition coefficient (Wildman–Crippen LogP) is 4.54. The average molecular weight is 530 g/mol. The fourth-order valence-electron chi connectivity index (χ4n) is 5.04. The number of pyridine rings is 1. The minimum Gasteiger partial charge on any atom is -0.493 e. The zero-order valence-electron chi connectivity index (χ0n) is 21.4. The summed E-state index contributed by atoms with van der Waals surface area (Å²) >= 11 is 6.37. The first kappa shape index (κ1) is 25.4. The number of H-pyrrole nitrogens is 1. The SMILES string of the molecule is C=CC(=O)N1CC(C)(C)C1C#Cc1cnccc1-c1[nH]c2c(c1Nc1cccc(Cl)c1OC)C(=O)NCC2. The van der Waals surface area contributed by atoms with Gasteiger partial charge in [0.25, 0.3) is 5.91 Å². The number of rotatable bonds is 5. The van der Waals surface area contributed by atoms with Crippen molar-refractivity contribution < 1.29 is 14.3 Å². The van der Waals surface area contributed by atoms with Gasteiger partial charge in [0, 0.05) is 48.6 Å². The second kappa shape index (κ2) is 9.92. The lowest BCUT2D eigenvalue weighted by molar-refractivity contribution is -0.140. The molecule has 2 aromatic heterocycles. The van der Waals surface area contributed by atoms with Crippen LogP contribution in [0.5, 0.6) is 5.75 Å². The molecule has 9 heteroatoms. The molecule has 1 saturated heterocycles. The zero-order chi connectivity index (χ0) is 27.0. The van der Waals surface area contributed by atoms with Crippen molar-refractivity contribution in [3.8, 4) is 28.8 Å². The summed E-state index contributed by atoms with van der Waals surface area (Å²) in [5.41, 5.74) is 4.58. The van der Waals surface area contributed by atoms with E-state index in [1.165, 1.54) is 6.08 Å². The van der Waals surface area contributed by atoms with Crippen LogP contribution >= 0.6 is 11.6 Å². The number of amides is 2. The second-order valence-electron chi connectivity index (χ2n) is 9.93. The highest BCUT2D eigenvalue weighted by molar-refractivity contribution is 6.32. The van der Waals surface area contributed by atoms with Crippen LogP contribution in [0.4, 0.5) is 11.4 Å². The molecule has 5 rings (SSSR count).